The van der Waals surface area contributed by atoms with Crippen LogP contribution in [0.3, 0.4) is 0 Å². The van der Waals surface area contributed by atoms with E-state index in [-0.39, 0.29) is 23.8 Å². The SMILES string of the molecule is COc1cc2c(cc1OC)[C@@H](C)N(C(=O)[C@H](NC(=O)c1ccccc1)C(C)C)CC2. The van der Waals surface area contributed by atoms with Gasteiger partial charge < -0.3 is 19.7 Å². The monoisotopic (exact) mass is 410 g/mol. The summed E-state index contributed by atoms with van der Waals surface area (Å²) in [4.78, 5) is 28.0. The highest BCUT2D eigenvalue weighted by atomic mass is 16.5. The summed E-state index contributed by atoms with van der Waals surface area (Å²) in [5.74, 6) is 0.999. The lowest BCUT2D eigenvalue weighted by Crippen LogP contribution is -2.53. The Labute approximate surface area is 178 Å². The van der Waals surface area contributed by atoms with Crippen LogP contribution in [0.25, 0.3) is 0 Å². The minimum atomic E-state index is -0.596. The Morgan fingerprint density at radius 1 is 1.07 bits per heavy atom. The molecule has 6 heteroatoms. The fraction of sp³-hybridized carbons (Fsp3) is 0.417. The highest BCUT2D eigenvalue weighted by Crippen LogP contribution is 2.38. The fourth-order valence-corrected chi connectivity index (χ4v) is 3.95. The Balaban J connectivity index is 1.83. The van der Waals surface area contributed by atoms with E-state index in [4.69, 9.17) is 9.47 Å². The topological polar surface area (TPSA) is 67.9 Å². The van der Waals surface area contributed by atoms with Gasteiger partial charge in [0.1, 0.15) is 6.04 Å². The van der Waals surface area contributed by atoms with Crippen LogP contribution < -0.4 is 14.8 Å². The summed E-state index contributed by atoms with van der Waals surface area (Å²) in [5.41, 5.74) is 2.74. The predicted octanol–water partition coefficient (Wildman–Crippen LogP) is 3.60. The molecule has 1 heterocycles. The number of methoxy groups -OCH3 is 2. The summed E-state index contributed by atoms with van der Waals surface area (Å²) in [6.07, 6.45) is 0.725. The normalized spacial score (nSPS) is 16.6. The van der Waals surface area contributed by atoms with Crippen LogP contribution in [-0.2, 0) is 11.2 Å². The molecule has 0 saturated heterocycles. The first kappa shape index (κ1) is 21.7. The molecule has 2 aromatic carbocycles. The number of carbonyl (C=O) groups excluding carboxylic acids is 2. The number of fused-ring (bicyclic) bond motifs is 1. The van der Waals surface area contributed by atoms with Gasteiger partial charge in [-0.05, 0) is 54.7 Å². The van der Waals surface area contributed by atoms with Crippen molar-refractivity contribution in [2.75, 3.05) is 20.8 Å². The maximum Gasteiger partial charge on any atom is 0.251 e. The van der Waals surface area contributed by atoms with E-state index in [0.717, 1.165) is 17.5 Å². The number of nitrogens with one attached hydrogen (secondary N) is 1. The molecule has 6 nitrogen and oxygen atoms in total. The van der Waals surface area contributed by atoms with Crippen molar-refractivity contribution in [3.8, 4) is 11.5 Å². The second kappa shape index (κ2) is 9.20. The average molecular weight is 411 g/mol. The lowest BCUT2D eigenvalue weighted by atomic mass is 9.91. The molecule has 30 heavy (non-hydrogen) atoms. The van der Waals surface area contributed by atoms with Crippen LogP contribution in [0.15, 0.2) is 42.5 Å². The molecule has 0 radical (unpaired) electrons. The largest absolute Gasteiger partial charge is 0.493 e. The summed E-state index contributed by atoms with van der Waals surface area (Å²) < 4.78 is 10.9. The number of carbonyl (C=O) groups is 2. The van der Waals surface area contributed by atoms with Crippen molar-refractivity contribution >= 4 is 11.8 Å². The van der Waals surface area contributed by atoms with Crippen molar-refractivity contribution in [2.24, 2.45) is 5.92 Å². The third-order valence-electron chi connectivity index (χ3n) is 5.72. The maximum absolute atomic E-state index is 13.5. The van der Waals surface area contributed by atoms with Gasteiger partial charge in [-0.25, -0.2) is 0 Å². The van der Waals surface area contributed by atoms with Crippen molar-refractivity contribution in [1.29, 1.82) is 0 Å². The highest BCUT2D eigenvalue weighted by molar-refractivity contribution is 5.97. The molecule has 2 aromatic rings. The van der Waals surface area contributed by atoms with Crippen molar-refractivity contribution in [1.82, 2.24) is 10.2 Å². The number of nitrogens with zero attached hydrogens (tertiary/aromatic N) is 1. The molecule has 0 fully saturated rings. The van der Waals surface area contributed by atoms with Gasteiger partial charge in [0.25, 0.3) is 5.91 Å². The Morgan fingerprint density at radius 2 is 1.70 bits per heavy atom. The molecular formula is C24H30N2O4. The second-order valence-electron chi connectivity index (χ2n) is 7.92. The summed E-state index contributed by atoms with van der Waals surface area (Å²) in [5, 5.41) is 2.94. The van der Waals surface area contributed by atoms with Gasteiger partial charge in [0.15, 0.2) is 11.5 Å². The standard InChI is InChI=1S/C24H30N2O4/c1-15(2)22(25-23(27)17-9-7-6-8-10-17)24(28)26-12-11-18-13-20(29-4)21(30-5)14-19(18)16(26)3/h6-10,13-16,22H,11-12H2,1-5H3,(H,25,27)/t16-,22-/m1/s1. The van der Waals surface area contributed by atoms with E-state index < -0.39 is 6.04 Å². The van der Waals surface area contributed by atoms with Gasteiger partial charge >= 0.3 is 0 Å². The number of hydrogen-bond acceptors (Lipinski definition) is 4. The fourth-order valence-electron chi connectivity index (χ4n) is 3.95. The number of rotatable bonds is 6. The summed E-state index contributed by atoms with van der Waals surface area (Å²) in [7, 11) is 3.23. The minimum absolute atomic E-state index is 0.0378. The zero-order valence-corrected chi connectivity index (χ0v) is 18.3. The number of hydrogen-bond donors (Lipinski definition) is 1. The molecular weight excluding hydrogens is 380 g/mol. The summed E-state index contributed by atoms with van der Waals surface area (Å²) >= 11 is 0. The zero-order chi connectivity index (χ0) is 21.8. The molecule has 0 unspecified atom stereocenters. The molecule has 160 valence electrons. The van der Waals surface area contributed by atoms with Crippen LogP contribution in [0.2, 0.25) is 0 Å². The van der Waals surface area contributed by atoms with Crippen LogP contribution in [0.5, 0.6) is 11.5 Å². The van der Waals surface area contributed by atoms with Crippen LogP contribution in [0.4, 0.5) is 0 Å². The number of benzene rings is 2. The van der Waals surface area contributed by atoms with E-state index in [0.29, 0.717) is 23.6 Å². The quantitative estimate of drug-likeness (QED) is 0.790. The third-order valence-corrected chi connectivity index (χ3v) is 5.72. The van der Waals surface area contributed by atoms with E-state index >= 15 is 0 Å². The third kappa shape index (κ3) is 4.27. The van der Waals surface area contributed by atoms with Gasteiger partial charge in [-0.3, -0.25) is 9.59 Å². The van der Waals surface area contributed by atoms with Crippen LogP contribution in [0, 0.1) is 5.92 Å². The molecule has 3 rings (SSSR count). The van der Waals surface area contributed by atoms with Crippen molar-refractivity contribution in [2.45, 2.75) is 39.3 Å². The van der Waals surface area contributed by atoms with Crippen LogP contribution in [-0.4, -0.2) is 43.5 Å². The van der Waals surface area contributed by atoms with Gasteiger partial charge in [0.2, 0.25) is 5.91 Å². The van der Waals surface area contributed by atoms with E-state index in [2.05, 4.69) is 5.32 Å². The van der Waals surface area contributed by atoms with Crippen molar-refractivity contribution in [3.05, 3.63) is 59.2 Å². The van der Waals surface area contributed by atoms with Gasteiger partial charge in [0, 0.05) is 12.1 Å². The maximum atomic E-state index is 13.5. The summed E-state index contributed by atoms with van der Waals surface area (Å²) in [6.45, 7) is 6.50. The minimum Gasteiger partial charge on any atom is -0.493 e. The van der Waals surface area contributed by atoms with Crippen LogP contribution >= 0.6 is 0 Å². The molecule has 0 bridgehead atoms. The highest BCUT2D eigenvalue weighted by Gasteiger charge is 2.35. The average Bonchev–Trinajstić information content (AvgIpc) is 2.76. The van der Waals surface area contributed by atoms with Crippen molar-refractivity contribution < 1.29 is 19.1 Å². The molecule has 0 saturated carbocycles. The Kier molecular flexibility index (Phi) is 6.65. The zero-order valence-electron chi connectivity index (χ0n) is 18.3. The van der Waals surface area contributed by atoms with Gasteiger partial charge in [-0.2, -0.15) is 0 Å². The van der Waals surface area contributed by atoms with Crippen LogP contribution in [0.1, 0.15) is 48.3 Å². The Morgan fingerprint density at radius 3 is 2.30 bits per heavy atom. The van der Waals surface area contributed by atoms with Gasteiger partial charge in [0.05, 0.1) is 20.3 Å². The van der Waals surface area contributed by atoms with E-state index in [1.807, 2.05) is 56.0 Å². The number of amides is 2. The van der Waals surface area contributed by atoms with E-state index in [1.54, 1.807) is 26.4 Å². The molecule has 0 spiro atoms. The first-order valence-electron chi connectivity index (χ1n) is 10.3. The molecule has 1 aliphatic heterocycles. The predicted molar refractivity (Wildman–Crippen MR) is 116 cm³/mol. The molecule has 1 N–H and O–H groups in total. The lowest BCUT2D eigenvalue weighted by molar-refractivity contribution is -0.137. The Bertz CT molecular complexity index is 911. The molecule has 2 atom stereocenters. The lowest BCUT2D eigenvalue weighted by Gasteiger charge is -2.38. The molecule has 2 amide bonds. The second-order valence-corrected chi connectivity index (χ2v) is 7.92. The number of ether oxygens (including phenoxy) is 2. The van der Waals surface area contributed by atoms with Gasteiger partial charge in [-0.15, -0.1) is 0 Å². The van der Waals surface area contributed by atoms with E-state index in [1.165, 1.54) is 0 Å². The molecule has 1 aliphatic rings. The molecule has 0 aliphatic carbocycles. The molecule has 0 aromatic heterocycles. The van der Waals surface area contributed by atoms with Gasteiger partial charge in [-0.1, -0.05) is 32.0 Å². The van der Waals surface area contributed by atoms with Crippen molar-refractivity contribution in [3.63, 3.8) is 0 Å². The first-order chi connectivity index (χ1) is 14.4. The van der Waals surface area contributed by atoms with E-state index in [9.17, 15) is 9.59 Å². The first-order valence-corrected chi connectivity index (χ1v) is 10.3. The summed E-state index contributed by atoms with van der Waals surface area (Å²) in [6, 6.07) is 12.2. The Hall–Kier alpha value is -3.02. The smallest absolute Gasteiger partial charge is 0.251 e.